The van der Waals surface area contributed by atoms with Gasteiger partial charge in [0.15, 0.2) is 5.78 Å². The molecule has 16 heavy (non-hydrogen) atoms. The van der Waals surface area contributed by atoms with E-state index >= 15 is 0 Å². The van der Waals surface area contributed by atoms with Gasteiger partial charge in [-0.3, -0.25) is 9.59 Å². The molecule has 1 rings (SSSR count). The predicted octanol–water partition coefficient (Wildman–Crippen LogP) is 2.66. The summed E-state index contributed by atoms with van der Waals surface area (Å²) in [5.41, 5.74) is 3.76. The summed E-state index contributed by atoms with van der Waals surface area (Å²) in [5, 5.41) is 8.53. The molecule has 0 aliphatic carbocycles. The summed E-state index contributed by atoms with van der Waals surface area (Å²) in [5.74, 6) is -1.03. The zero-order valence-electron chi connectivity index (χ0n) is 9.83. The molecule has 0 saturated heterocycles. The first kappa shape index (κ1) is 12.4. The Morgan fingerprint density at radius 2 is 1.56 bits per heavy atom. The molecule has 0 aliphatic rings. The number of aliphatic carboxylic acids is 1. The first-order valence-electron chi connectivity index (χ1n) is 5.24. The molecule has 0 bridgehead atoms. The normalized spacial score (nSPS) is 10.2. The summed E-state index contributed by atoms with van der Waals surface area (Å²) in [7, 11) is 0. The topological polar surface area (TPSA) is 54.4 Å². The van der Waals surface area contributed by atoms with Gasteiger partial charge in [-0.15, -0.1) is 0 Å². The largest absolute Gasteiger partial charge is 0.481 e. The number of Topliss-reactive ketones (excluding diaryl/α,β-unsaturated/α-hetero) is 1. The summed E-state index contributed by atoms with van der Waals surface area (Å²) in [6.07, 6.45) is -0.0378. The van der Waals surface area contributed by atoms with Crippen molar-refractivity contribution >= 4 is 11.8 Å². The molecule has 0 atom stereocenters. The van der Waals surface area contributed by atoms with Gasteiger partial charge in [0.25, 0.3) is 0 Å². The SMILES string of the molecule is Cc1cc(C)c(C(=O)CCC(=O)O)cc1C. The van der Waals surface area contributed by atoms with Crippen molar-refractivity contribution in [2.75, 3.05) is 0 Å². The highest BCUT2D eigenvalue weighted by Gasteiger charge is 2.12. The van der Waals surface area contributed by atoms with Gasteiger partial charge in [-0.2, -0.15) is 0 Å². The summed E-state index contributed by atoms with van der Waals surface area (Å²) in [6, 6.07) is 3.80. The second kappa shape index (κ2) is 4.92. The van der Waals surface area contributed by atoms with E-state index in [0.717, 1.165) is 16.7 Å². The molecule has 0 heterocycles. The number of hydrogen-bond acceptors (Lipinski definition) is 2. The Balaban J connectivity index is 2.91. The number of carboxylic acid groups (broad SMARTS) is 1. The van der Waals surface area contributed by atoms with Gasteiger partial charge in [0, 0.05) is 12.0 Å². The van der Waals surface area contributed by atoms with Crippen LogP contribution in [0.3, 0.4) is 0 Å². The van der Waals surface area contributed by atoms with Crippen molar-refractivity contribution in [3.63, 3.8) is 0 Å². The summed E-state index contributed by atoms with van der Waals surface area (Å²) >= 11 is 0. The molecule has 1 aromatic rings. The van der Waals surface area contributed by atoms with Crippen LogP contribution in [0.15, 0.2) is 12.1 Å². The lowest BCUT2D eigenvalue weighted by molar-refractivity contribution is -0.136. The molecule has 0 radical (unpaired) electrons. The molecule has 0 fully saturated rings. The van der Waals surface area contributed by atoms with Crippen LogP contribution in [0.25, 0.3) is 0 Å². The average Bonchev–Trinajstić information content (AvgIpc) is 2.20. The fraction of sp³-hybridized carbons (Fsp3) is 0.385. The molecular formula is C13H16O3. The summed E-state index contributed by atoms with van der Waals surface area (Å²) < 4.78 is 0. The van der Waals surface area contributed by atoms with Crippen molar-refractivity contribution < 1.29 is 14.7 Å². The van der Waals surface area contributed by atoms with Crippen molar-refractivity contribution in [2.24, 2.45) is 0 Å². The van der Waals surface area contributed by atoms with Crippen LogP contribution in [0.4, 0.5) is 0 Å². The van der Waals surface area contributed by atoms with Crippen molar-refractivity contribution in [3.8, 4) is 0 Å². The second-order valence-corrected chi connectivity index (χ2v) is 4.07. The van der Waals surface area contributed by atoms with Gasteiger partial charge in [0.05, 0.1) is 6.42 Å². The molecule has 0 aromatic heterocycles. The fourth-order valence-electron chi connectivity index (χ4n) is 1.62. The van der Waals surface area contributed by atoms with Gasteiger partial charge in [0.2, 0.25) is 0 Å². The quantitative estimate of drug-likeness (QED) is 0.793. The number of benzene rings is 1. The van der Waals surface area contributed by atoms with Crippen molar-refractivity contribution in [3.05, 3.63) is 34.4 Å². The third kappa shape index (κ3) is 2.92. The highest BCUT2D eigenvalue weighted by atomic mass is 16.4. The van der Waals surface area contributed by atoms with Gasteiger partial charge in [0.1, 0.15) is 0 Å². The maximum atomic E-state index is 11.8. The Morgan fingerprint density at radius 3 is 2.12 bits per heavy atom. The molecule has 0 amide bonds. The third-order valence-corrected chi connectivity index (χ3v) is 2.71. The van der Waals surface area contributed by atoms with E-state index in [4.69, 9.17) is 5.11 Å². The summed E-state index contributed by atoms with van der Waals surface area (Å²) in [4.78, 5) is 22.2. The molecule has 0 saturated carbocycles. The average molecular weight is 220 g/mol. The minimum absolute atomic E-state index is 0.0681. The van der Waals surface area contributed by atoms with Crippen molar-refractivity contribution in [1.82, 2.24) is 0 Å². The standard InChI is InChI=1S/C13H16O3/c1-8-6-10(3)11(7-9(8)2)12(14)4-5-13(15)16/h6-7H,4-5H2,1-3H3,(H,15,16). The monoisotopic (exact) mass is 220 g/mol. The summed E-state index contributed by atoms with van der Waals surface area (Å²) in [6.45, 7) is 5.82. The van der Waals surface area contributed by atoms with E-state index in [1.54, 1.807) is 0 Å². The van der Waals surface area contributed by atoms with E-state index in [9.17, 15) is 9.59 Å². The predicted molar refractivity (Wildman–Crippen MR) is 61.9 cm³/mol. The van der Waals surface area contributed by atoms with Crippen LogP contribution in [-0.2, 0) is 4.79 Å². The van der Waals surface area contributed by atoms with Crippen LogP contribution in [0.5, 0.6) is 0 Å². The van der Waals surface area contributed by atoms with E-state index in [0.29, 0.717) is 5.56 Å². The molecule has 0 spiro atoms. The molecule has 0 aliphatic heterocycles. The zero-order valence-corrected chi connectivity index (χ0v) is 9.83. The highest BCUT2D eigenvalue weighted by molar-refractivity contribution is 5.98. The fourth-order valence-corrected chi connectivity index (χ4v) is 1.62. The number of hydrogen-bond donors (Lipinski definition) is 1. The minimum Gasteiger partial charge on any atom is -0.481 e. The second-order valence-electron chi connectivity index (χ2n) is 4.07. The lowest BCUT2D eigenvalue weighted by Crippen LogP contribution is -2.06. The molecule has 1 aromatic carbocycles. The van der Waals surface area contributed by atoms with E-state index in [1.165, 1.54) is 0 Å². The molecule has 86 valence electrons. The number of carbonyl (C=O) groups excluding carboxylic acids is 1. The smallest absolute Gasteiger partial charge is 0.303 e. The molecular weight excluding hydrogens is 204 g/mol. The molecule has 0 unspecified atom stereocenters. The number of rotatable bonds is 4. The van der Waals surface area contributed by atoms with Gasteiger partial charge >= 0.3 is 5.97 Å². The van der Waals surface area contributed by atoms with Crippen LogP contribution in [0.2, 0.25) is 0 Å². The van der Waals surface area contributed by atoms with Gasteiger partial charge in [-0.25, -0.2) is 0 Å². The maximum Gasteiger partial charge on any atom is 0.303 e. The van der Waals surface area contributed by atoms with Gasteiger partial charge in [-0.1, -0.05) is 6.07 Å². The first-order chi connectivity index (χ1) is 7.41. The van der Waals surface area contributed by atoms with E-state index in [2.05, 4.69) is 0 Å². The van der Waals surface area contributed by atoms with Gasteiger partial charge < -0.3 is 5.11 Å². The Kier molecular flexibility index (Phi) is 3.82. The number of carbonyl (C=O) groups is 2. The lowest BCUT2D eigenvalue weighted by atomic mass is 9.96. The van der Waals surface area contributed by atoms with Crippen LogP contribution >= 0.6 is 0 Å². The maximum absolute atomic E-state index is 11.8. The first-order valence-corrected chi connectivity index (χ1v) is 5.24. The van der Waals surface area contributed by atoms with Crippen molar-refractivity contribution in [2.45, 2.75) is 33.6 Å². The Morgan fingerprint density at radius 1 is 1.00 bits per heavy atom. The number of aryl methyl sites for hydroxylation is 3. The van der Waals surface area contributed by atoms with Crippen LogP contribution in [0, 0.1) is 20.8 Å². The van der Waals surface area contributed by atoms with Crippen LogP contribution in [-0.4, -0.2) is 16.9 Å². The van der Waals surface area contributed by atoms with E-state index in [1.807, 2.05) is 32.9 Å². The van der Waals surface area contributed by atoms with E-state index in [-0.39, 0.29) is 18.6 Å². The Bertz CT molecular complexity index is 433. The molecule has 3 nitrogen and oxygen atoms in total. The Labute approximate surface area is 95.1 Å². The molecule has 1 N–H and O–H groups in total. The van der Waals surface area contributed by atoms with Crippen LogP contribution < -0.4 is 0 Å². The highest BCUT2D eigenvalue weighted by Crippen LogP contribution is 2.17. The van der Waals surface area contributed by atoms with Gasteiger partial charge in [-0.05, 0) is 43.5 Å². The lowest BCUT2D eigenvalue weighted by Gasteiger charge is -2.08. The van der Waals surface area contributed by atoms with Crippen molar-refractivity contribution in [1.29, 1.82) is 0 Å². The van der Waals surface area contributed by atoms with Crippen LogP contribution in [0.1, 0.15) is 39.9 Å². The number of ketones is 1. The van der Waals surface area contributed by atoms with E-state index < -0.39 is 5.97 Å². The third-order valence-electron chi connectivity index (χ3n) is 2.71. The zero-order chi connectivity index (χ0) is 12.3. The number of carboxylic acids is 1. The molecule has 3 heteroatoms. The minimum atomic E-state index is -0.935. The Hall–Kier alpha value is -1.64.